The summed E-state index contributed by atoms with van der Waals surface area (Å²) in [7, 11) is 0. The fraction of sp³-hybridized carbons (Fsp3) is 1.00. The Balaban J connectivity index is 2.92. The number of hydrogen-bond acceptors (Lipinski definition) is 2. The summed E-state index contributed by atoms with van der Waals surface area (Å²) in [6.45, 7) is 10.1. The zero-order chi connectivity index (χ0) is 10.1. The maximum absolute atomic E-state index is 5.43. The molecule has 0 rings (SSSR count). The van der Waals surface area contributed by atoms with Gasteiger partial charge in [0.15, 0.2) is 0 Å². The van der Waals surface area contributed by atoms with Crippen molar-refractivity contribution in [2.24, 2.45) is 0 Å². The first-order chi connectivity index (χ1) is 6.13. The third kappa shape index (κ3) is 11.9. The highest BCUT2D eigenvalue weighted by Gasteiger charge is 1.95. The number of hydrogen-bond donors (Lipinski definition) is 0. The van der Waals surface area contributed by atoms with Crippen molar-refractivity contribution < 1.29 is 9.47 Å². The van der Waals surface area contributed by atoms with Crippen molar-refractivity contribution in [3.63, 3.8) is 0 Å². The molecule has 0 amide bonds. The minimum Gasteiger partial charge on any atom is -0.379 e. The molecule has 0 aliphatic heterocycles. The molecule has 0 aliphatic carbocycles. The largest absolute Gasteiger partial charge is 0.379 e. The van der Waals surface area contributed by atoms with Gasteiger partial charge in [0, 0.05) is 13.2 Å². The lowest BCUT2D eigenvalue weighted by Crippen LogP contribution is -2.06. The van der Waals surface area contributed by atoms with E-state index in [2.05, 4.69) is 27.7 Å². The van der Waals surface area contributed by atoms with E-state index in [0.29, 0.717) is 12.2 Å². The lowest BCUT2D eigenvalue weighted by atomic mass is 10.2. The molecule has 0 fully saturated rings. The summed E-state index contributed by atoms with van der Waals surface area (Å²) >= 11 is 0. The second-order valence-corrected chi connectivity index (χ2v) is 3.90. The Hall–Kier alpha value is -0.0800. The van der Waals surface area contributed by atoms with Gasteiger partial charge in [-0.25, -0.2) is 0 Å². The molecule has 0 aromatic heterocycles. The van der Waals surface area contributed by atoms with Crippen LogP contribution in [0.1, 0.15) is 47.0 Å². The average Bonchev–Trinajstić information content (AvgIpc) is 2.01. The predicted molar refractivity (Wildman–Crippen MR) is 56.0 cm³/mol. The predicted octanol–water partition coefficient (Wildman–Crippen LogP) is 3.01. The van der Waals surface area contributed by atoms with Crippen LogP contribution in [0.4, 0.5) is 0 Å². The molecular formula is C11H24O2. The molecule has 0 radical (unpaired) electrons. The quantitative estimate of drug-likeness (QED) is 0.545. The van der Waals surface area contributed by atoms with Crippen LogP contribution in [-0.2, 0) is 9.47 Å². The summed E-state index contributed by atoms with van der Waals surface area (Å²) in [5.74, 6) is 0. The fourth-order valence-corrected chi connectivity index (χ4v) is 1.02. The van der Waals surface area contributed by atoms with Crippen molar-refractivity contribution in [2.75, 3.05) is 13.2 Å². The Morgan fingerprint density at radius 1 is 0.692 bits per heavy atom. The van der Waals surface area contributed by atoms with Gasteiger partial charge in [-0.05, 0) is 47.0 Å². The SMILES string of the molecule is CC(C)OCCCCCOC(C)C. The Morgan fingerprint density at radius 3 is 1.38 bits per heavy atom. The molecule has 0 saturated carbocycles. The van der Waals surface area contributed by atoms with Gasteiger partial charge < -0.3 is 9.47 Å². The fourth-order valence-electron chi connectivity index (χ4n) is 1.02. The van der Waals surface area contributed by atoms with Crippen molar-refractivity contribution in [2.45, 2.75) is 59.2 Å². The molecule has 2 heteroatoms. The van der Waals surface area contributed by atoms with Gasteiger partial charge in [0.2, 0.25) is 0 Å². The molecule has 0 saturated heterocycles. The van der Waals surface area contributed by atoms with Crippen LogP contribution in [0.15, 0.2) is 0 Å². The highest BCUT2D eigenvalue weighted by Crippen LogP contribution is 1.99. The van der Waals surface area contributed by atoms with E-state index in [1.54, 1.807) is 0 Å². The highest BCUT2D eigenvalue weighted by atomic mass is 16.5. The molecule has 80 valence electrons. The molecule has 2 nitrogen and oxygen atoms in total. The maximum Gasteiger partial charge on any atom is 0.0518 e. The highest BCUT2D eigenvalue weighted by molar-refractivity contribution is 4.44. The minimum absolute atomic E-state index is 0.368. The van der Waals surface area contributed by atoms with Crippen LogP contribution in [0.5, 0.6) is 0 Å². The first kappa shape index (κ1) is 12.9. The molecule has 0 aromatic rings. The molecule has 0 atom stereocenters. The van der Waals surface area contributed by atoms with Crippen LogP contribution in [0.25, 0.3) is 0 Å². The van der Waals surface area contributed by atoms with Gasteiger partial charge in [-0.1, -0.05) is 0 Å². The Kier molecular flexibility index (Phi) is 8.46. The second-order valence-electron chi connectivity index (χ2n) is 3.90. The van der Waals surface area contributed by atoms with Gasteiger partial charge in [0.25, 0.3) is 0 Å². The third-order valence-electron chi connectivity index (χ3n) is 1.69. The van der Waals surface area contributed by atoms with Crippen molar-refractivity contribution in [1.29, 1.82) is 0 Å². The van der Waals surface area contributed by atoms with Crippen LogP contribution in [-0.4, -0.2) is 25.4 Å². The number of unbranched alkanes of at least 4 members (excludes halogenated alkanes) is 2. The van der Waals surface area contributed by atoms with E-state index >= 15 is 0 Å². The second kappa shape index (κ2) is 8.52. The lowest BCUT2D eigenvalue weighted by Gasteiger charge is -2.08. The number of rotatable bonds is 8. The van der Waals surface area contributed by atoms with Gasteiger partial charge in [-0.2, -0.15) is 0 Å². The molecule has 0 aromatic carbocycles. The Morgan fingerprint density at radius 2 is 1.08 bits per heavy atom. The van der Waals surface area contributed by atoms with E-state index in [-0.39, 0.29) is 0 Å². The standard InChI is InChI=1S/C11H24O2/c1-10(2)12-8-6-5-7-9-13-11(3)4/h10-11H,5-9H2,1-4H3. The smallest absolute Gasteiger partial charge is 0.0518 e. The minimum atomic E-state index is 0.368. The lowest BCUT2D eigenvalue weighted by molar-refractivity contribution is 0.0633. The monoisotopic (exact) mass is 188 g/mol. The van der Waals surface area contributed by atoms with Gasteiger partial charge in [-0.15, -0.1) is 0 Å². The summed E-state index contributed by atoms with van der Waals surface area (Å²) in [4.78, 5) is 0. The Labute approximate surface area is 82.6 Å². The van der Waals surface area contributed by atoms with Crippen LogP contribution in [0, 0.1) is 0 Å². The van der Waals surface area contributed by atoms with E-state index in [1.165, 1.54) is 6.42 Å². The Bertz CT molecular complexity index is 88.3. The maximum atomic E-state index is 5.43. The van der Waals surface area contributed by atoms with Crippen LogP contribution in [0.3, 0.4) is 0 Å². The summed E-state index contributed by atoms with van der Waals surface area (Å²) in [5, 5.41) is 0. The van der Waals surface area contributed by atoms with E-state index in [9.17, 15) is 0 Å². The van der Waals surface area contributed by atoms with E-state index in [4.69, 9.17) is 9.47 Å². The first-order valence-electron chi connectivity index (χ1n) is 5.36. The van der Waals surface area contributed by atoms with Gasteiger partial charge in [-0.3, -0.25) is 0 Å². The first-order valence-corrected chi connectivity index (χ1v) is 5.36. The van der Waals surface area contributed by atoms with E-state index < -0.39 is 0 Å². The molecule has 0 N–H and O–H groups in total. The van der Waals surface area contributed by atoms with Crippen LogP contribution >= 0.6 is 0 Å². The van der Waals surface area contributed by atoms with Crippen molar-refractivity contribution in [1.82, 2.24) is 0 Å². The van der Waals surface area contributed by atoms with Crippen molar-refractivity contribution in [3.05, 3.63) is 0 Å². The third-order valence-corrected chi connectivity index (χ3v) is 1.69. The van der Waals surface area contributed by atoms with Gasteiger partial charge >= 0.3 is 0 Å². The van der Waals surface area contributed by atoms with Crippen molar-refractivity contribution >= 4 is 0 Å². The molecule has 0 unspecified atom stereocenters. The van der Waals surface area contributed by atoms with Crippen LogP contribution < -0.4 is 0 Å². The van der Waals surface area contributed by atoms with E-state index in [0.717, 1.165) is 26.1 Å². The van der Waals surface area contributed by atoms with Gasteiger partial charge in [0.05, 0.1) is 12.2 Å². The summed E-state index contributed by atoms with van der Waals surface area (Å²) in [5.41, 5.74) is 0. The van der Waals surface area contributed by atoms with Crippen LogP contribution in [0.2, 0.25) is 0 Å². The molecule has 0 spiro atoms. The number of ether oxygens (including phenoxy) is 2. The van der Waals surface area contributed by atoms with E-state index in [1.807, 2.05) is 0 Å². The zero-order valence-corrected chi connectivity index (χ0v) is 9.51. The normalized spacial score (nSPS) is 11.5. The summed E-state index contributed by atoms with van der Waals surface area (Å²) in [6.07, 6.45) is 4.25. The molecule has 0 aliphatic rings. The molecule has 0 heterocycles. The average molecular weight is 188 g/mol. The molecular weight excluding hydrogens is 164 g/mol. The topological polar surface area (TPSA) is 18.5 Å². The molecule has 13 heavy (non-hydrogen) atoms. The van der Waals surface area contributed by atoms with Gasteiger partial charge in [0.1, 0.15) is 0 Å². The van der Waals surface area contributed by atoms with Crippen molar-refractivity contribution in [3.8, 4) is 0 Å². The zero-order valence-electron chi connectivity index (χ0n) is 9.51. The molecule has 0 bridgehead atoms. The summed E-state index contributed by atoms with van der Waals surface area (Å²) in [6, 6.07) is 0. The summed E-state index contributed by atoms with van der Waals surface area (Å²) < 4.78 is 10.9.